The summed E-state index contributed by atoms with van der Waals surface area (Å²) in [4.78, 5) is 71.7. The van der Waals surface area contributed by atoms with E-state index in [2.05, 4.69) is 5.32 Å². The molecule has 3 aliphatic heterocycles. The molecule has 2 bridgehead atoms. The lowest BCUT2D eigenvalue weighted by atomic mass is 9.78. The number of carbonyl (C=O) groups excluding carboxylic acids is 5. The minimum Gasteiger partial charge on any atom is -0.460 e. The average Bonchev–Trinajstić information content (AvgIpc) is 1.05. The van der Waals surface area contributed by atoms with Gasteiger partial charge in [-0.15, -0.1) is 0 Å². The van der Waals surface area contributed by atoms with Crippen molar-refractivity contribution >= 4 is 29.5 Å². The molecule has 3 fully saturated rings. The zero-order chi connectivity index (χ0) is 66.7. The van der Waals surface area contributed by atoms with Crippen LogP contribution < -0.4 is 5.32 Å². The lowest BCUT2D eigenvalue weighted by Gasteiger charge is -2.43. The Morgan fingerprint density at radius 3 is 1.91 bits per heavy atom. The first kappa shape index (κ1) is 79.4. The maximum absolute atomic E-state index is 14.7. The van der Waals surface area contributed by atoms with E-state index >= 15 is 0 Å². The van der Waals surface area contributed by atoms with Crippen molar-refractivity contribution in [2.75, 3.05) is 127 Å². The highest BCUT2D eigenvalue weighted by molar-refractivity contribution is 6.39. The van der Waals surface area contributed by atoms with Gasteiger partial charge in [0.05, 0.1) is 110 Å². The number of aliphatic hydroxyl groups is 3. The molecule has 1 aliphatic carbocycles. The lowest BCUT2D eigenvalue weighted by molar-refractivity contribution is -0.265. The number of cyclic esters (lactones) is 1. The number of carbonyl (C=O) groups is 5. The molecule has 0 radical (unpaired) electrons. The molecule has 0 aromatic rings. The summed E-state index contributed by atoms with van der Waals surface area (Å²) in [5.74, 6) is -7.79. The minimum absolute atomic E-state index is 0.00298. The van der Waals surface area contributed by atoms with Gasteiger partial charge in [-0.05, 0) is 114 Å². The number of amides is 2. The molecule has 522 valence electrons. The summed E-state index contributed by atoms with van der Waals surface area (Å²) < 4.78 is 74.3. The van der Waals surface area contributed by atoms with Crippen LogP contribution in [0.15, 0.2) is 47.6 Å². The van der Waals surface area contributed by atoms with Gasteiger partial charge in [0.1, 0.15) is 30.5 Å². The molecular formula is C68H114N2O21. The van der Waals surface area contributed by atoms with Crippen molar-refractivity contribution in [1.82, 2.24) is 10.2 Å². The van der Waals surface area contributed by atoms with Crippen molar-refractivity contribution in [1.29, 1.82) is 0 Å². The van der Waals surface area contributed by atoms with Crippen LogP contribution in [0.1, 0.15) is 132 Å². The summed E-state index contributed by atoms with van der Waals surface area (Å²) in [6.45, 7) is 21.4. The quantitative estimate of drug-likeness (QED) is 0.0258. The van der Waals surface area contributed by atoms with Crippen LogP contribution in [0.3, 0.4) is 0 Å². The Balaban J connectivity index is 1.38. The number of fused-ring (bicyclic) bond motifs is 3. The van der Waals surface area contributed by atoms with Crippen LogP contribution in [0.25, 0.3) is 0 Å². The number of nitrogens with zero attached hydrogens (tertiary/aromatic N) is 1. The SMILES string of the molecule is CCOCCOCCOCCOCCOCCOCCOCCNC(=O)O[C@@H]1CC[C@@H](C[C@@H](C)[C@@H]2C[C@@H](O)C(C)/C=C(\C)[C@@H](O)[C@@H](OC)C(=O)C(C)C[C@H](C)/C=C/C=C/C=C(\C)[C@@H](OC)C[C@@H]3CC[C@@H](C)[C@@](O)(O3)C(=O)C(=O)N3CCCC[C@H]3C(=O)O2)C[C@H]1OC. The number of allylic oxidation sites excluding steroid dienone is 5. The summed E-state index contributed by atoms with van der Waals surface area (Å²) in [5.41, 5.74) is 1.29. The summed E-state index contributed by atoms with van der Waals surface area (Å²) >= 11 is 0. The molecule has 4 N–H and O–H groups in total. The van der Waals surface area contributed by atoms with Gasteiger partial charge < -0.3 is 87.1 Å². The van der Waals surface area contributed by atoms with Gasteiger partial charge in [-0.3, -0.25) is 14.4 Å². The first-order valence-corrected chi connectivity index (χ1v) is 33.3. The van der Waals surface area contributed by atoms with E-state index in [0.29, 0.717) is 156 Å². The van der Waals surface area contributed by atoms with Gasteiger partial charge in [0.25, 0.3) is 11.7 Å². The number of hydrogen-bond acceptors (Lipinski definition) is 21. The number of nitrogens with one attached hydrogen (secondary N) is 1. The second kappa shape index (κ2) is 43.8. The Hall–Kier alpha value is -4.05. The third-order valence-electron chi connectivity index (χ3n) is 17.8. The maximum atomic E-state index is 14.7. The van der Waals surface area contributed by atoms with Crippen LogP contribution in [-0.4, -0.2) is 237 Å². The van der Waals surface area contributed by atoms with Gasteiger partial charge in [0.2, 0.25) is 5.79 Å². The predicted octanol–water partition coefficient (Wildman–Crippen LogP) is 6.84. The van der Waals surface area contributed by atoms with Crippen molar-refractivity contribution in [3.8, 4) is 0 Å². The largest absolute Gasteiger partial charge is 0.460 e. The molecule has 23 nitrogen and oxygen atoms in total. The van der Waals surface area contributed by atoms with Crippen LogP contribution in [0.2, 0.25) is 0 Å². The Bertz CT molecular complexity index is 2250. The number of alkyl carbamates (subject to hydrolysis) is 1. The first-order valence-electron chi connectivity index (χ1n) is 33.3. The summed E-state index contributed by atoms with van der Waals surface area (Å²) in [6, 6.07) is -1.17. The second-order valence-corrected chi connectivity index (χ2v) is 25.0. The monoisotopic (exact) mass is 1290 g/mol. The number of aliphatic hydroxyl groups excluding tert-OH is 2. The van der Waals surface area contributed by atoms with E-state index in [9.17, 15) is 39.3 Å². The van der Waals surface area contributed by atoms with E-state index in [1.807, 2.05) is 65.0 Å². The predicted molar refractivity (Wildman–Crippen MR) is 340 cm³/mol. The molecule has 23 heteroatoms. The summed E-state index contributed by atoms with van der Waals surface area (Å²) in [5, 5.41) is 38.5. The molecule has 1 saturated carbocycles. The Morgan fingerprint density at radius 1 is 0.703 bits per heavy atom. The number of ether oxygens (including phenoxy) is 13. The molecule has 4 rings (SSSR count). The van der Waals surface area contributed by atoms with Crippen molar-refractivity contribution in [3.05, 3.63) is 47.6 Å². The van der Waals surface area contributed by atoms with Gasteiger partial charge in [-0.25, -0.2) is 9.59 Å². The molecule has 2 saturated heterocycles. The van der Waals surface area contributed by atoms with Gasteiger partial charge in [-0.2, -0.15) is 0 Å². The number of hydrogen-bond donors (Lipinski definition) is 4. The number of rotatable bonds is 29. The van der Waals surface area contributed by atoms with Crippen LogP contribution in [-0.2, 0) is 80.8 Å². The highest BCUT2D eigenvalue weighted by Crippen LogP contribution is 2.38. The molecule has 0 spiro atoms. The molecule has 0 aromatic heterocycles. The molecule has 3 heterocycles. The standard InChI is InChI=1S/C68H114N2O21/c1-12-82-28-29-84-32-33-86-36-37-88-39-38-87-35-34-85-31-30-83-27-25-69-67(77)90-57-24-22-53(43-60(57)80-10)42-49(5)59-45-56(71)48(4)41-51(7)62(73)63(81-11)61(72)50(6)40-46(2)18-14-13-15-19-47(3)58(79-9)44-54-23-21-52(8)68(78,91-54)64(74)65(75)70-26-17-16-20-55(70)66(76)89-59/h13-15,18-19,41,46,48-50,52-60,62-63,71,73,78H,12,16-17,20-40,42-45H2,1-11H3,(H,69,77)/b15-13+,18-14+,47-19+,51-41+/t46-,48?,49-,50?,52-,53+,54+,55+,56-,57-,58+,59+,60-,62-,63+,68-/m1/s1. The van der Waals surface area contributed by atoms with E-state index in [4.69, 9.17) is 61.6 Å². The van der Waals surface area contributed by atoms with E-state index in [-0.39, 0.29) is 56.1 Å². The minimum atomic E-state index is -2.46. The highest BCUT2D eigenvalue weighted by Gasteiger charge is 2.53. The van der Waals surface area contributed by atoms with Crippen molar-refractivity contribution in [2.45, 2.75) is 193 Å². The fourth-order valence-corrected chi connectivity index (χ4v) is 12.2. The molecule has 0 aromatic carbocycles. The van der Waals surface area contributed by atoms with Gasteiger partial charge in [-0.1, -0.05) is 71.1 Å². The van der Waals surface area contributed by atoms with Gasteiger partial charge >= 0.3 is 12.1 Å². The number of methoxy groups -OCH3 is 3. The third kappa shape index (κ3) is 27.7. The smallest absolute Gasteiger partial charge is 0.407 e. The van der Waals surface area contributed by atoms with Crippen LogP contribution in [0.4, 0.5) is 4.79 Å². The maximum Gasteiger partial charge on any atom is 0.407 e. The van der Waals surface area contributed by atoms with Crippen LogP contribution in [0, 0.1) is 35.5 Å². The lowest BCUT2D eigenvalue weighted by Crippen LogP contribution is -2.61. The highest BCUT2D eigenvalue weighted by atomic mass is 16.6. The molecule has 16 atom stereocenters. The van der Waals surface area contributed by atoms with Gasteiger partial charge in [0.15, 0.2) is 5.78 Å². The average molecular weight is 1300 g/mol. The molecule has 2 amide bonds. The number of esters is 1. The Morgan fingerprint density at radius 2 is 1.32 bits per heavy atom. The summed E-state index contributed by atoms with van der Waals surface area (Å²) in [6.07, 6.45) is 9.24. The normalized spacial score (nSPS) is 33.0. The zero-order valence-electron chi connectivity index (χ0n) is 56.6. The zero-order valence-corrected chi connectivity index (χ0v) is 56.6. The van der Waals surface area contributed by atoms with Crippen LogP contribution >= 0.6 is 0 Å². The second-order valence-electron chi connectivity index (χ2n) is 25.0. The molecule has 91 heavy (non-hydrogen) atoms. The van der Waals surface area contributed by atoms with E-state index < -0.39 is 102 Å². The molecule has 4 aliphatic rings. The molecule has 2 unspecified atom stereocenters. The Labute approximate surface area is 541 Å². The first-order chi connectivity index (χ1) is 43.7. The van der Waals surface area contributed by atoms with Crippen molar-refractivity contribution in [3.63, 3.8) is 0 Å². The van der Waals surface area contributed by atoms with Crippen molar-refractivity contribution in [2.24, 2.45) is 35.5 Å². The Kier molecular flexibility index (Phi) is 38.2. The molecular weight excluding hydrogens is 1180 g/mol. The van der Waals surface area contributed by atoms with Crippen LogP contribution in [0.5, 0.6) is 0 Å². The van der Waals surface area contributed by atoms with Gasteiger partial charge in [0, 0.05) is 71.6 Å². The third-order valence-corrected chi connectivity index (χ3v) is 17.8. The number of Topliss-reactive ketones (excluding diaryl/α,β-unsaturated/α-hetero) is 2. The summed E-state index contributed by atoms with van der Waals surface area (Å²) in [7, 11) is 4.53. The fourth-order valence-electron chi connectivity index (χ4n) is 12.2. The van der Waals surface area contributed by atoms with E-state index in [1.165, 1.54) is 12.0 Å². The fraction of sp³-hybridized carbons (Fsp3) is 0.809. The van der Waals surface area contributed by atoms with Crippen molar-refractivity contribution < 1.29 is 101 Å². The number of ketones is 2. The topological polar surface area (TPSA) is 281 Å². The van der Waals surface area contributed by atoms with E-state index in [1.54, 1.807) is 41.1 Å². The number of piperidine rings is 1. The van der Waals surface area contributed by atoms with E-state index in [0.717, 1.165) is 5.57 Å².